The van der Waals surface area contributed by atoms with E-state index in [0.29, 0.717) is 0 Å². The average Bonchev–Trinajstić information content (AvgIpc) is 2.52. The van der Waals surface area contributed by atoms with Crippen LogP contribution in [0.4, 0.5) is 9.59 Å². The first-order valence-electron chi connectivity index (χ1n) is 7.77. The molecular formula is C14H19N3O7. The number of fused-ring (bicyclic) bond motifs is 2. The molecule has 3 amide bonds. The van der Waals surface area contributed by atoms with E-state index in [0.717, 1.165) is 9.80 Å². The largest absolute Gasteiger partial charge is 0.465 e. The van der Waals surface area contributed by atoms with E-state index in [4.69, 9.17) is 9.84 Å². The lowest BCUT2D eigenvalue weighted by atomic mass is 9.92. The summed E-state index contributed by atoms with van der Waals surface area (Å²) in [7, 11) is 0. The molecule has 3 atom stereocenters. The van der Waals surface area contributed by atoms with Crippen molar-refractivity contribution in [3.8, 4) is 0 Å². The van der Waals surface area contributed by atoms with Crippen LogP contribution in [0.1, 0.15) is 12.8 Å². The third-order valence-electron chi connectivity index (χ3n) is 4.77. The number of hydrogen-bond donors (Lipinski definition) is 2. The highest BCUT2D eigenvalue weighted by Crippen LogP contribution is 2.27. The van der Waals surface area contributed by atoms with Gasteiger partial charge in [0.05, 0.1) is 31.8 Å². The molecule has 24 heavy (non-hydrogen) atoms. The minimum Gasteiger partial charge on any atom is -0.465 e. The van der Waals surface area contributed by atoms with E-state index in [1.54, 1.807) is 0 Å². The molecule has 3 aliphatic rings. The Morgan fingerprint density at radius 1 is 1.00 bits per heavy atom. The van der Waals surface area contributed by atoms with Gasteiger partial charge in [0.1, 0.15) is 11.8 Å². The highest BCUT2D eigenvalue weighted by Gasteiger charge is 2.46. The Morgan fingerprint density at radius 3 is 2.17 bits per heavy atom. The fraction of sp³-hybridized carbons (Fsp3) is 0.714. The fourth-order valence-electron chi connectivity index (χ4n) is 3.65. The van der Waals surface area contributed by atoms with E-state index in [1.165, 1.54) is 4.90 Å². The topological polar surface area (TPSA) is 128 Å². The molecule has 0 aromatic carbocycles. The number of carbonyl (C=O) groups is 4. The van der Waals surface area contributed by atoms with Crippen molar-refractivity contribution in [2.24, 2.45) is 0 Å². The van der Waals surface area contributed by atoms with Crippen LogP contribution in [0.2, 0.25) is 0 Å². The molecule has 3 heterocycles. The summed E-state index contributed by atoms with van der Waals surface area (Å²) < 4.78 is 5.41. The Hall–Kier alpha value is -2.36. The van der Waals surface area contributed by atoms with Crippen LogP contribution in [0.3, 0.4) is 0 Å². The number of morpholine rings is 1. The highest BCUT2D eigenvalue weighted by molar-refractivity contribution is 5.90. The van der Waals surface area contributed by atoms with Crippen LogP contribution in [0.15, 0.2) is 0 Å². The summed E-state index contributed by atoms with van der Waals surface area (Å²) in [5.74, 6) is -0.391. The lowest BCUT2D eigenvalue weighted by Crippen LogP contribution is -2.67. The predicted molar refractivity (Wildman–Crippen MR) is 77.6 cm³/mol. The predicted octanol–water partition coefficient (Wildman–Crippen LogP) is -0.712. The molecule has 0 radical (unpaired) electrons. The molecule has 0 spiro atoms. The number of nitrogens with zero attached hydrogens (tertiary/aromatic N) is 3. The monoisotopic (exact) mass is 341 g/mol. The van der Waals surface area contributed by atoms with E-state index >= 15 is 0 Å². The molecule has 132 valence electrons. The molecule has 2 bridgehead atoms. The second-order valence-corrected chi connectivity index (χ2v) is 6.26. The molecule has 0 aromatic rings. The number of piperazine rings is 1. The molecule has 3 rings (SSSR count). The summed E-state index contributed by atoms with van der Waals surface area (Å²) in [5.41, 5.74) is 0. The smallest absolute Gasteiger partial charge is 0.408 e. The molecule has 10 nitrogen and oxygen atoms in total. The van der Waals surface area contributed by atoms with Gasteiger partial charge in [-0.2, -0.15) is 0 Å². The van der Waals surface area contributed by atoms with Crippen LogP contribution in [0, 0.1) is 0 Å². The standard InChI is InChI=1S/C14H19N3O7/c18-10-3-8-6-24-7-9(4-10)17(8)12(19)11-5-15(13(20)21)1-2-16(11)14(22)23/h8-9,11H,1-7H2,(H,20,21)(H,22,23)/t8?,9?,11-/m1/s1. The van der Waals surface area contributed by atoms with E-state index in [2.05, 4.69) is 0 Å². The van der Waals surface area contributed by atoms with Gasteiger partial charge in [-0.15, -0.1) is 0 Å². The summed E-state index contributed by atoms with van der Waals surface area (Å²) in [6.07, 6.45) is -2.07. The zero-order valence-electron chi connectivity index (χ0n) is 13.0. The molecule has 2 unspecified atom stereocenters. The van der Waals surface area contributed by atoms with Crippen molar-refractivity contribution in [3.05, 3.63) is 0 Å². The van der Waals surface area contributed by atoms with Crippen LogP contribution in [0.5, 0.6) is 0 Å². The van der Waals surface area contributed by atoms with Crippen molar-refractivity contribution in [1.82, 2.24) is 14.7 Å². The van der Waals surface area contributed by atoms with Crippen molar-refractivity contribution >= 4 is 23.9 Å². The number of rotatable bonds is 1. The first kappa shape index (κ1) is 16.5. The third kappa shape index (κ3) is 2.88. The van der Waals surface area contributed by atoms with Gasteiger partial charge in [-0.25, -0.2) is 9.59 Å². The lowest BCUT2D eigenvalue weighted by Gasteiger charge is -2.48. The zero-order chi connectivity index (χ0) is 17.4. The summed E-state index contributed by atoms with van der Waals surface area (Å²) in [6, 6.07) is -1.91. The molecule has 10 heteroatoms. The number of amides is 3. The number of carbonyl (C=O) groups excluding carboxylic acids is 2. The SMILES string of the molecule is O=C1CC2COCC(C1)N2C(=O)[C@H]1CN(C(=O)O)CCN1C(=O)O. The third-order valence-corrected chi connectivity index (χ3v) is 4.77. The van der Waals surface area contributed by atoms with Crippen molar-refractivity contribution in [3.63, 3.8) is 0 Å². The van der Waals surface area contributed by atoms with Gasteiger partial charge in [0, 0.05) is 25.9 Å². The molecule has 0 aromatic heterocycles. The van der Waals surface area contributed by atoms with Gasteiger partial charge in [-0.05, 0) is 0 Å². The minimum absolute atomic E-state index is 0.0276. The Bertz CT molecular complexity index is 565. The first-order valence-corrected chi connectivity index (χ1v) is 7.77. The maximum atomic E-state index is 13.0. The Morgan fingerprint density at radius 2 is 1.62 bits per heavy atom. The lowest BCUT2D eigenvalue weighted by molar-refractivity contribution is -0.160. The second kappa shape index (κ2) is 6.27. The molecule has 0 saturated carbocycles. The summed E-state index contributed by atoms with van der Waals surface area (Å²) in [5, 5.41) is 18.5. The van der Waals surface area contributed by atoms with Gasteiger partial charge in [0.25, 0.3) is 0 Å². The summed E-state index contributed by atoms with van der Waals surface area (Å²) >= 11 is 0. The van der Waals surface area contributed by atoms with E-state index in [-0.39, 0.29) is 51.5 Å². The Labute approximate surface area is 137 Å². The van der Waals surface area contributed by atoms with Gasteiger partial charge in [0.15, 0.2) is 0 Å². The number of Topliss-reactive ketones (excluding diaryl/α,β-unsaturated/α-hetero) is 1. The van der Waals surface area contributed by atoms with Gasteiger partial charge in [0.2, 0.25) is 5.91 Å². The van der Waals surface area contributed by atoms with Gasteiger partial charge < -0.3 is 24.7 Å². The molecule has 2 N–H and O–H groups in total. The Balaban J connectivity index is 1.83. The average molecular weight is 341 g/mol. The zero-order valence-corrected chi connectivity index (χ0v) is 13.0. The molecule has 3 aliphatic heterocycles. The Kier molecular flexibility index (Phi) is 4.31. The minimum atomic E-state index is -1.26. The molecule has 3 fully saturated rings. The van der Waals surface area contributed by atoms with Crippen LogP contribution >= 0.6 is 0 Å². The van der Waals surface area contributed by atoms with Crippen molar-refractivity contribution < 1.29 is 34.1 Å². The van der Waals surface area contributed by atoms with Crippen molar-refractivity contribution in [2.45, 2.75) is 31.0 Å². The van der Waals surface area contributed by atoms with E-state index in [9.17, 15) is 24.3 Å². The van der Waals surface area contributed by atoms with Crippen molar-refractivity contribution in [1.29, 1.82) is 0 Å². The van der Waals surface area contributed by atoms with E-state index < -0.39 is 36.2 Å². The van der Waals surface area contributed by atoms with Gasteiger partial charge in [-0.3, -0.25) is 14.5 Å². The summed E-state index contributed by atoms with van der Waals surface area (Å²) in [4.78, 5) is 50.9. The van der Waals surface area contributed by atoms with E-state index in [1.807, 2.05) is 0 Å². The number of hydrogen-bond acceptors (Lipinski definition) is 5. The van der Waals surface area contributed by atoms with Crippen LogP contribution in [-0.4, -0.2) is 99.8 Å². The number of ether oxygens (including phenoxy) is 1. The van der Waals surface area contributed by atoms with Crippen molar-refractivity contribution in [2.75, 3.05) is 32.8 Å². The maximum absolute atomic E-state index is 13.0. The van der Waals surface area contributed by atoms with Gasteiger partial charge >= 0.3 is 12.2 Å². The molecule has 3 saturated heterocycles. The first-order chi connectivity index (χ1) is 11.4. The van der Waals surface area contributed by atoms with Gasteiger partial charge in [-0.1, -0.05) is 0 Å². The van der Waals surface area contributed by atoms with Crippen LogP contribution < -0.4 is 0 Å². The maximum Gasteiger partial charge on any atom is 0.408 e. The second-order valence-electron chi connectivity index (χ2n) is 6.26. The normalized spacial score (nSPS) is 30.2. The number of carboxylic acid groups (broad SMARTS) is 2. The quantitative estimate of drug-likeness (QED) is 0.644. The van der Waals surface area contributed by atoms with Crippen LogP contribution in [0.25, 0.3) is 0 Å². The fourth-order valence-corrected chi connectivity index (χ4v) is 3.65. The number of ketones is 1. The highest BCUT2D eigenvalue weighted by atomic mass is 16.5. The number of piperidine rings is 1. The molecule has 0 aliphatic carbocycles. The summed E-state index contributed by atoms with van der Waals surface area (Å²) in [6.45, 7) is 0.231. The van der Waals surface area contributed by atoms with Crippen LogP contribution in [-0.2, 0) is 14.3 Å². The molecular weight excluding hydrogens is 322 g/mol.